The van der Waals surface area contributed by atoms with Crippen LogP contribution in [0.15, 0.2) is 0 Å². The van der Waals surface area contributed by atoms with Crippen LogP contribution in [0.1, 0.15) is 278 Å². The van der Waals surface area contributed by atoms with Crippen molar-refractivity contribution in [2.75, 3.05) is 38.8 Å². The largest absolute Gasteiger partial charge is 0.465 e. The van der Waals surface area contributed by atoms with Gasteiger partial charge in [-0.05, 0) is 110 Å². The lowest BCUT2D eigenvalue weighted by atomic mass is 10.0. The van der Waals surface area contributed by atoms with Crippen LogP contribution in [0.5, 0.6) is 0 Å². The van der Waals surface area contributed by atoms with Crippen molar-refractivity contribution in [2.24, 2.45) is 5.92 Å². The summed E-state index contributed by atoms with van der Waals surface area (Å²) in [4.78, 5) is 40.6. The molecule has 0 aromatic rings. The summed E-state index contributed by atoms with van der Waals surface area (Å²) in [6.45, 7) is 10.4. The molecule has 0 amide bonds. The molecule has 8 heteroatoms. The lowest BCUT2D eigenvalue weighted by Crippen LogP contribution is -2.25. The molecule has 0 fully saturated rings. The van der Waals surface area contributed by atoms with Crippen LogP contribution in [-0.4, -0.2) is 73.8 Å². The van der Waals surface area contributed by atoms with Gasteiger partial charge in [0, 0.05) is 18.6 Å². The van der Waals surface area contributed by atoms with Crippen molar-refractivity contribution in [3.63, 3.8) is 0 Å². The zero-order chi connectivity index (χ0) is 46.3. The Labute approximate surface area is 396 Å². The monoisotopic (exact) mass is 910 g/mol. The van der Waals surface area contributed by atoms with Gasteiger partial charge in [-0.3, -0.25) is 14.4 Å². The fourth-order valence-electron chi connectivity index (χ4n) is 8.37. The van der Waals surface area contributed by atoms with E-state index in [2.05, 4.69) is 46.7 Å². The Morgan fingerprint density at radius 3 is 1.19 bits per heavy atom. The summed E-state index contributed by atoms with van der Waals surface area (Å²) in [6, 6.07) is 0. The zero-order valence-electron chi connectivity index (χ0n) is 42.9. The number of nitrogens with zero attached hydrogens (tertiary/aromatic N) is 1. The number of ether oxygens (including phenoxy) is 3. The Morgan fingerprint density at radius 2 is 0.778 bits per heavy atom. The molecule has 0 saturated heterocycles. The summed E-state index contributed by atoms with van der Waals surface area (Å²) in [5.41, 5.74) is 0. The topological polar surface area (TPSA) is 82.1 Å². The van der Waals surface area contributed by atoms with Crippen molar-refractivity contribution in [3.8, 4) is 0 Å². The molecule has 3 atom stereocenters. The molecule has 0 bridgehead atoms. The number of hydrogen-bond donors (Lipinski definition) is 0. The van der Waals surface area contributed by atoms with E-state index in [0.29, 0.717) is 19.4 Å². The molecule has 0 N–H and O–H groups in total. The van der Waals surface area contributed by atoms with Gasteiger partial charge in [0.25, 0.3) is 0 Å². The minimum Gasteiger partial charge on any atom is -0.465 e. The van der Waals surface area contributed by atoms with Gasteiger partial charge >= 0.3 is 17.9 Å². The molecule has 374 valence electrons. The molecule has 0 aliphatic carbocycles. The highest BCUT2D eigenvalue weighted by molar-refractivity contribution is 7.99. The van der Waals surface area contributed by atoms with Gasteiger partial charge in [0.1, 0.15) is 12.2 Å². The normalized spacial score (nSPS) is 13.0. The summed E-state index contributed by atoms with van der Waals surface area (Å²) in [5, 5.41) is 0. The number of rotatable bonds is 50. The highest BCUT2D eigenvalue weighted by Gasteiger charge is 2.20. The fraction of sp³-hybridized carbons (Fsp3) is 0.945. The van der Waals surface area contributed by atoms with Gasteiger partial charge in [0.15, 0.2) is 0 Å². The third-order valence-electron chi connectivity index (χ3n) is 12.6. The molecule has 0 aliphatic heterocycles. The Balaban J connectivity index is 4.20. The molecule has 0 spiro atoms. The van der Waals surface area contributed by atoms with Gasteiger partial charge in [-0.25, -0.2) is 0 Å². The minimum atomic E-state index is -0.0552. The van der Waals surface area contributed by atoms with E-state index in [1.165, 1.54) is 148 Å². The molecule has 0 heterocycles. The second-order valence-electron chi connectivity index (χ2n) is 19.3. The quantitative estimate of drug-likeness (QED) is 0.0339. The molecular weight excluding hydrogens is 803 g/mol. The van der Waals surface area contributed by atoms with Gasteiger partial charge in [-0.15, -0.1) is 0 Å². The molecule has 63 heavy (non-hydrogen) atoms. The predicted molar refractivity (Wildman–Crippen MR) is 273 cm³/mol. The molecule has 7 nitrogen and oxygen atoms in total. The summed E-state index contributed by atoms with van der Waals surface area (Å²) < 4.78 is 17.8. The number of unbranched alkanes of at least 4 members (excludes halogenated alkanes) is 26. The van der Waals surface area contributed by atoms with Crippen LogP contribution in [0.25, 0.3) is 0 Å². The highest BCUT2D eigenvalue weighted by Crippen LogP contribution is 2.21. The lowest BCUT2D eigenvalue weighted by Gasteiger charge is -2.18. The minimum absolute atomic E-state index is 0.00688. The highest BCUT2D eigenvalue weighted by atomic mass is 32.2. The van der Waals surface area contributed by atoms with Gasteiger partial charge in [0.2, 0.25) is 0 Å². The van der Waals surface area contributed by atoms with Crippen molar-refractivity contribution in [3.05, 3.63) is 0 Å². The van der Waals surface area contributed by atoms with E-state index in [1.54, 1.807) is 0 Å². The first-order valence-electron chi connectivity index (χ1n) is 27.5. The molecule has 0 aromatic carbocycles. The molecule has 0 radical (unpaired) electrons. The van der Waals surface area contributed by atoms with E-state index in [1.807, 2.05) is 11.8 Å². The third kappa shape index (κ3) is 44.3. The van der Waals surface area contributed by atoms with Crippen LogP contribution in [0.4, 0.5) is 0 Å². The van der Waals surface area contributed by atoms with E-state index in [-0.39, 0.29) is 36.0 Å². The van der Waals surface area contributed by atoms with Crippen LogP contribution in [-0.2, 0) is 28.6 Å². The average molecular weight is 911 g/mol. The Hall–Kier alpha value is -1.28. The van der Waals surface area contributed by atoms with Gasteiger partial charge in [-0.2, -0.15) is 11.8 Å². The third-order valence-corrected chi connectivity index (χ3v) is 13.8. The molecule has 0 aromatic heterocycles. The Kier molecular flexibility index (Phi) is 47.7. The smallest absolute Gasteiger partial charge is 0.309 e. The molecule has 0 saturated carbocycles. The van der Waals surface area contributed by atoms with Crippen molar-refractivity contribution < 1.29 is 28.6 Å². The first-order chi connectivity index (χ1) is 30.8. The van der Waals surface area contributed by atoms with Crippen LogP contribution >= 0.6 is 11.8 Å². The van der Waals surface area contributed by atoms with Crippen LogP contribution < -0.4 is 0 Å². The maximum atomic E-state index is 13.1. The predicted octanol–water partition coefficient (Wildman–Crippen LogP) is 16.6. The number of esters is 3. The van der Waals surface area contributed by atoms with E-state index < -0.39 is 0 Å². The van der Waals surface area contributed by atoms with Crippen molar-refractivity contribution in [1.82, 2.24) is 4.90 Å². The molecule has 0 aliphatic rings. The Bertz CT molecular complexity index is 994. The van der Waals surface area contributed by atoms with E-state index in [4.69, 9.17) is 14.2 Å². The van der Waals surface area contributed by atoms with Gasteiger partial charge in [-0.1, -0.05) is 182 Å². The van der Waals surface area contributed by atoms with Gasteiger partial charge in [0.05, 0.1) is 12.5 Å². The van der Waals surface area contributed by atoms with Crippen LogP contribution in [0, 0.1) is 5.92 Å². The zero-order valence-corrected chi connectivity index (χ0v) is 43.8. The SMILES string of the molecule is CCCCCCCCC(CCCCCC)OC(=O)CCCCCCCCOC(=O)C(CCN(C)C)CSCCCCCCCCC(=O)OC(CCCCCC)CCCCCCCC. The average Bonchev–Trinajstić information content (AvgIpc) is 3.26. The standard InChI is InChI=1S/C55H107NO6S/c1-7-11-15-19-25-33-41-51(39-31-17-13-9-3)61-53(57)43-35-27-21-23-29-37-47-60-55(59)50(45-46-56(5)6)49-63-48-38-30-24-22-28-36-44-54(58)62-52(40-32-18-14-10-4)42-34-26-20-16-12-8-2/h50-52H,7-49H2,1-6H3. The second-order valence-corrected chi connectivity index (χ2v) is 20.5. The van der Waals surface area contributed by atoms with E-state index >= 15 is 0 Å². The van der Waals surface area contributed by atoms with Crippen molar-refractivity contribution in [1.29, 1.82) is 0 Å². The molecular formula is C55H107NO6S. The van der Waals surface area contributed by atoms with Crippen molar-refractivity contribution >= 4 is 29.7 Å². The number of carbonyl (C=O) groups excluding carboxylic acids is 3. The molecule has 0 rings (SSSR count). The maximum Gasteiger partial charge on any atom is 0.309 e. The van der Waals surface area contributed by atoms with E-state index in [0.717, 1.165) is 108 Å². The van der Waals surface area contributed by atoms with Crippen LogP contribution in [0.2, 0.25) is 0 Å². The van der Waals surface area contributed by atoms with E-state index in [9.17, 15) is 14.4 Å². The number of thioether (sulfide) groups is 1. The lowest BCUT2D eigenvalue weighted by molar-refractivity contribution is -0.151. The second kappa shape index (κ2) is 48.6. The molecule has 3 unspecified atom stereocenters. The first kappa shape index (κ1) is 61.7. The summed E-state index contributed by atoms with van der Waals surface area (Å²) in [6.07, 6.45) is 44.2. The maximum absolute atomic E-state index is 13.1. The first-order valence-corrected chi connectivity index (χ1v) is 28.7. The van der Waals surface area contributed by atoms with Gasteiger partial charge < -0.3 is 19.1 Å². The number of carbonyl (C=O) groups is 3. The number of hydrogen-bond acceptors (Lipinski definition) is 8. The van der Waals surface area contributed by atoms with Crippen LogP contribution in [0.3, 0.4) is 0 Å². The summed E-state index contributed by atoms with van der Waals surface area (Å²) >= 11 is 1.90. The summed E-state index contributed by atoms with van der Waals surface area (Å²) in [5.74, 6) is 1.82. The fourth-order valence-corrected chi connectivity index (χ4v) is 9.54. The van der Waals surface area contributed by atoms with Crippen molar-refractivity contribution in [2.45, 2.75) is 290 Å². The summed E-state index contributed by atoms with van der Waals surface area (Å²) in [7, 11) is 4.13. The Morgan fingerprint density at radius 1 is 0.429 bits per heavy atom.